The van der Waals surface area contributed by atoms with Gasteiger partial charge in [-0.25, -0.2) is 14.4 Å². The normalized spacial score (nSPS) is 17.0. The summed E-state index contributed by atoms with van der Waals surface area (Å²) in [5, 5.41) is 3.35. The van der Waals surface area contributed by atoms with Crippen LogP contribution in [0.2, 0.25) is 0 Å². The molecule has 30 heavy (non-hydrogen) atoms. The van der Waals surface area contributed by atoms with Crippen LogP contribution >= 0.6 is 0 Å². The van der Waals surface area contributed by atoms with Gasteiger partial charge in [-0.05, 0) is 35.2 Å². The number of nitrogens with zero attached hydrogens (tertiary/aromatic N) is 3. The highest BCUT2D eigenvalue weighted by Gasteiger charge is 2.48. The van der Waals surface area contributed by atoms with E-state index in [0.29, 0.717) is 22.8 Å². The molecule has 6 heteroatoms. The minimum Gasteiger partial charge on any atom is -0.451 e. The molecule has 2 saturated heterocycles. The van der Waals surface area contributed by atoms with Crippen LogP contribution in [0.3, 0.4) is 0 Å². The average molecular weight is 404 g/mol. The van der Waals surface area contributed by atoms with Gasteiger partial charge in [-0.2, -0.15) is 0 Å². The number of ether oxygens (including phenoxy) is 1. The number of halogens is 1. The van der Waals surface area contributed by atoms with Crippen LogP contribution in [0.4, 0.5) is 10.2 Å². The highest BCUT2D eigenvalue weighted by molar-refractivity contribution is 5.75. The Hall–Kier alpha value is -2.99. The lowest BCUT2D eigenvalue weighted by Crippen LogP contribution is -2.71. The topological polar surface area (TPSA) is 50.3 Å². The van der Waals surface area contributed by atoms with Crippen molar-refractivity contribution in [1.82, 2.24) is 15.3 Å². The van der Waals surface area contributed by atoms with Crippen LogP contribution in [-0.4, -0.2) is 36.1 Å². The maximum atomic E-state index is 14.2. The van der Waals surface area contributed by atoms with Crippen molar-refractivity contribution in [3.05, 3.63) is 66.4 Å². The molecule has 2 aromatic carbocycles. The number of aromatic nitrogens is 2. The van der Waals surface area contributed by atoms with Crippen LogP contribution in [-0.2, 0) is 0 Å². The van der Waals surface area contributed by atoms with E-state index in [2.05, 4.69) is 40.1 Å². The molecule has 5 rings (SSSR count). The summed E-state index contributed by atoms with van der Waals surface area (Å²) < 4.78 is 20.5. The van der Waals surface area contributed by atoms with Crippen LogP contribution in [0.5, 0.6) is 11.5 Å². The lowest BCUT2D eigenvalue weighted by Gasteiger charge is -2.56. The monoisotopic (exact) mass is 404 g/mol. The van der Waals surface area contributed by atoms with Crippen molar-refractivity contribution in [2.24, 2.45) is 5.41 Å². The summed E-state index contributed by atoms with van der Waals surface area (Å²) in [6.07, 6.45) is 3.24. The summed E-state index contributed by atoms with van der Waals surface area (Å²) in [6.45, 7) is 8.30. The molecule has 1 spiro atoms. The van der Waals surface area contributed by atoms with Gasteiger partial charge in [0.05, 0.1) is 6.20 Å². The van der Waals surface area contributed by atoms with Crippen molar-refractivity contribution in [2.45, 2.75) is 19.8 Å². The van der Waals surface area contributed by atoms with Gasteiger partial charge < -0.3 is 15.0 Å². The molecule has 154 valence electrons. The zero-order chi connectivity index (χ0) is 20.7. The third kappa shape index (κ3) is 3.31. The van der Waals surface area contributed by atoms with Crippen molar-refractivity contribution in [1.29, 1.82) is 0 Å². The quantitative estimate of drug-likeness (QED) is 0.673. The lowest BCUT2D eigenvalue weighted by molar-refractivity contribution is 0.120. The number of rotatable bonds is 5. The number of nitrogens with one attached hydrogen (secondary N) is 1. The second-order valence-electron chi connectivity index (χ2n) is 8.65. The Morgan fingerprint density at radius 1 is 1.07 bits per heavy atom. The summed E-state index contributed by atoms with van der Waals surface area (Å²) in [4.78, 5) is 10.9. The molecule has 2 aliphatic heterocycles. The predicted molar refractivity (Wildman–Crippen MR) is 116 cm³/mol. The number of anilines is 1. The highest BCUT2D eigenvalue weighted by Crippen LogP contribution is 2.43. The maximum absolute atomic E-state index is 14.2. The predicted octanol–water partition coefficient (Wildman–Crippen LogP) is 4.61. The third-order valence-electron chi connectivity index (χ3n) is 6.05. The Labute approximate surface area is 175 Å². The van der Waals surface area contributed by atoms with Gasteiger partial charge in [0.2, 0.25) is 0 Å². The van der Waals surface area contributed by atoms with E-state index in [1.165, 1.54) is 6.07 Å². The Morgan fingerprint density at radius 3 is 2.60 bits per heavy atom. The molecule has 5 nitrogen and oxygen atoms in total. The van der Waals surface area contributed by atoms with E-state index >= 15 is 0 Å². The molecule has 1 aromatic heterocycles. The molecular weight excluding hydrogens is 379 g/mol. The minimum absolute atomic E-state index is 0.289. The van der Waals surface area contributed by atoms with Gasteiger partial charge in [0, 0.05) is 37.2 Å². The largest absolute Gasteiger partial charge is 0.451 e. The van der Waals surface area contributed by atoms with E-state index in [0.717, 1.165) is 48.7 Å². The Bertz CT molecular complexity index is 1070. The molecule has 0 amide bonds. The van der Waals surface area contributed by atoms with Crippen LogP contribution in [0, 0.1) is 11.2 Å². The van der Waals surface area contributed by atoms with Crippen molar-refractivity contribution in [3.63, 3.8) is 0 Å². The van der Waals surface area contributed by atoms with E-state index < -0.39 is 0 Å². The SMILES string of the molecule is CC(C)c1ccccc1-c1cc(F)ccc1Oc1cncnc1N1CC2(CNC2)C1. The summed E-state index contributed by atoms with van der Waals surface area (Å²) in [5.74, 6) is 1.99. The maximum Gasteiger partial charge on any atom is 0.188 e. The van der Waals surface area contributed by atoms with E-state index in [1.54, 1.807) is 24.7 Å². The fourth-order valence-electron chi connectivity index (χ4n) is 4.40. The molecule has 0 bridgehead atoms. The molecule has 2 fully saturated rings. The van der Waals surface area contributed by atoms with Crippen LogP contribution in [0.25, 0.3) is 11.1 Å². The summed E-state index contributed by atoms with van der Waals surface area (Å²) in [5.41, 5.74) is 3.24. The smallest absolute Gasteiger partial charge is 0.188 e. The minimum atomic E-state index is -0.289. The standard InChI is InChI=1S/C24H25FN4O/c1-16(2)18-5-3-4-6-19(18)20-9-17(25)7-8-21(20)30-22-10-26-15-28-23(22)29-13-24(14-29)11-27-12-24/h3-10,15-16,27H,11-14H2,1-2H3. The first-order valence-electron chi connectivity index (χ1n) is 10.4. The van der Waals surface area contributed by atoms with Gasteiger partial charge in [-0.1, -0.05) is 38.1 Å². The average Bonchev–Trinajstić information content (AvgIpc) is 2.68. The number of hydrogen-bond acceptors (Lipinski definition) is 5. The van der Waals surface area contributed by atoms with Crippen molar-refractivity contribution in [2.75, 3.05) is 31.1 Å². The van der Waals surface area contributed by atoms with Crippen molar-refractivity contribution >= 4 is 5.82 Å². The van der Waals surface area contributed by atoms with Crippen molar-refractivity contribution < 1.29 is 9.13 Å². The fraction of sp³-hybridized carbons (Fsp3) is 0.333. The Kier molecular flexibility index (Phi) is 4.66. The Morgan fingerprint density at radius 2 is 1.87 bits per heavy atom. The van der Waals surface area contributed by atoms with Gasteiger partial charge >= 0.3 is 0 Å². The van der Waals surface area contributed by atoms with Crippen LogP contribution < -0.4 is 15.0 Å². The molecule has 2 aliphatic rings. The lowest BCUT2D eigenvalue weighted by atomic mass is 9.74. The van der Waals surface area contributed by atoms with Crippen molar-refractivity contribution in [3.8, 4) is 22.6 Å². The molecule has 1 N–H and O–H groups in total. The molecule has 0 saturated carbocycles. The van der Waals surface area contributed by atoms with E-state index in [9.17, 15) is 4.39 Å². The van der Waals surface area contributed by atoms with Crippen LogP contribution in [0.1, 0.15) is 25.3 Å². The van der Waals surface area contributed by atoms with Gasteiger partial charge in [-0.15, -0.1) is 0 Å². The van der Waals surface area contributed by atoms with Gasteiger partial charge in [0.1, 0.15) is 17.9 Å². The zero-order valence-corrected chi connectivity index (χ0v) is 17.2. The molecule has 0 radical (unpaired) electrons. The summed E-state index contributed by atoms with van der Waals surface area (Å²) >= 11 is 0. The van der Waals surface area contributed by atoms with E-state index in [-0.39, 0.29) is 5.82 Å². The first-order chi connectivity index (χ1) is 14.5. The summed E-state index contributed by atoms with van der Waals surface area (Å²) in [6, 6.07) is 12.7. The second kappa shape index (κ2) is 7.36. The highest BCUT2D eigenvalue weighted by atomic mass is 19.1. The molecule has 0 atom stereocenters. The molecule has 3 aromatic rings. The first-order valence-corrected chi connectivity index (χ1v) is 10.4. The molecule has 0 aliphatic carbocycles. The summed E-state index contributed by atoms with van der Waals surface area (Å²) in [7, 11) is 0. The first kappa shape index (κ1) is 19.0. The number of hydrogen-bond donors (Lipinski definition) is 1. The second-order valence-corrected chi connectivity index (χ2v) is 8.65. The van der Waals surface area contributed by atoms with E-state index in [1.807, 2.05) is 18.2 Å². The third-order valence-corrected chi connectivity index (χ3v) is 6.05. The number of benzene rings is 2. The Balaban J connectivity index is 1.50. The zero-order valence-electron chi connectivity index (χ0n) is 17.2. The molecular formula is C24H25FN4O. The fourth-order valence-corrected chi connectivity index (χ4v) is 4.40. The van der Waals surface area contributed by atoms with Gasteiger partial charge in [-0.3, -0.25) is 0 Å². The molecule has 3 heterocycles. The van der Waals surface area contributed by atoms with Crippen LogP contribution in [0.15, 0.2) is 55.0 Å². The van der Waals surface area contributed by atoms with Gasteiger partial charge in [0.15, 0.2) is 11.6 Å². The van der Waals surface area contributed by atoms with Gasteiger partial charge in [0.25, 0.3) is 0 Å². The molecule has 0 unspecified atom stereocenters. The van der Waals surface area contributed by atoms with E-state index in [4.69, 9.17) is 4.74 Å².